The van der Waals surface area contributed by atoms with Crippen LogP contribution in [0.3, 0.4) is 0 Å². The fraction of sp³-hybridized carbons (Fsp3) is 0.600. The Morgan fingerprint density at radius 1 is 1.31 bits per heavy atom. The fourth-order valence-corrected chi connectivity index (χ4v) is 1.61. The predicted molar refractivity (Wildman–Crippen MR) is 54.8 cm³/mol. The second kappa shape index (κ2) is 7.06. The van der Waals surface area contributed by atoms with Crippen molar-refractivity contribution < 1.29 is 9.78 Å². The van der Waals surface area contributed by atoms with E-state index in [1.807, 2.05) is 11.3 Å². The molecule has 0 radical (unpaired) electrons. The summed E-state index contributed by atoms with van der Waals surface area (Å²) >= 11 is 1.82. The van der Waals surface area contributed by atoms with Crippen molar-refractivity contribution in [2.75, 3.05) is 13.2 Å². The van der Waals surface area contributed by atoms with E-state index in [1.54, 1.807) is 0 Å². The van der Waals surface area contributed by atoms with E-state index in [2.05, 4.69) is 34.2 Å². The van der Waals surface area contributed by atoms with Crippen molar-refractivity contribution in [1.82, 2.24) is 0 Å². The molecule has 1 aromatic rings. The molecule has 0 atom stereocenters. The molecule has 13 heavy (non-hydrogen) atoms. The van der Waals surface area contributed by atoms with Crippen molar-refractivity contribution in [1.29, 1.82) is 0 Å². The van der Waals surface area contributed by atoms with Crippen LogP contribution in [0.15, 0.2) is 17.5 Å². The molecule has 3 heteroatoms. The standard InChI is InChI=1S/C6H8S.C4H8O2/c1-2-6-4-3-5-7-6;1-2-4-6-5-3-1/h3-5H,2H2,1H3;1-4H2. The molecule has 0 amide bonds. The van der Waals surface area contributed by atoms with Gasteiger partial charge in [0.1, 0.15) is 0 Å². The van der Waals surface area contributed by atoms with Gasteiger partial charge in [-0.2, -0.15) is 0 Å². The molecular formula is C10H16O2S. The first-order valence-corrected chi connectivity index (χ1v) is 5.58. The maximum Gasteiger partial charge on any atom is 0.0823 e. The fourth-order valence-electron chi connectivity index (χ4n) is 0.954. The van der Waals surface area contributed by atoms with Gasteiger partial charge in [-0.05, 0) is 30.7 Å². The number of aryl methyl sites for hydroxylation is 1. The van der Waals surface area contributed by atoms with Crippen LogP contribution in [0.2, 0.25) is 0 Å². The van der Waals surface area contributed by atoms with Gasteiger partial charge >= 0.3 is 0 Å². The zero-order valence-corrected chi connectivity index (χ0v) is 8.81. The highest BCUT2D eigenvalue weighted by Gasteiger charge is 1.95. The molecule has 2 heterocycles. The van der Waals surface area contributed by atoms with Crippen molar-refractivity contribution in [3.05, 3.63) is 22.4 Å². The number of thiophene rings is 1. The molecule has 1 saturated heterocycles. The lowest BCUT2D eigenvalue weighted by molar-refractivity contribution is -0.312. The van der Waals surface area contributed by atoms with E-state index in [0.29, 0.717) is 0 Å². The van der Waals surface area contributed by atoms with Crippen LogP contribution in [0.4, 0.5) is 0 Å². The average molecular weight is 200 g/mol. The molecule has 1 aliphatic rings. The first-order valence-electron chi connectivity index (χ1n) is 4.70. The molecule has 0 aromatic carbocycles. The lowest BCUT2D eigenvalue weighted by Gasteiger charge is -2.07. The highest BCUT2D eigenvalue weighted by atomic mass is 32.1. The van der Waals surface area contributed by atoms with Crippen LogP contribution < -0.4 is 0 Å². The lowest BCUT2D eigenvalue weighted by atomic mass is 10.3. The largest absolute Gasteiger partial charge is 0.237 e. The van der Waals surface area contributed by atoms with Crippen molar-refractivity contribution in [2.24, 2.45) is 0 Å². The minimum atomic E-state index is 0.778. The molecule has 2 nitrogen and oxygen atoms in total. The van der Waals surface area contributed by atoms with E-state index in [4.69, 9.17) is 0 Å². The summed E-state index contributed by atoms with van der Waals surface area (Å²) in [5.41, 5.74) is 0. The molecule has 1 fully saturated rings. The minimum absolute atomic E-state index is 0.778. The number of hydrogen-bond donors (Lipinski definition) is 0. The SMILES string of the molecule is C1CCOOC1.CCc1cccs1. The maximum absolute atomic E-state index is 4.57. The summed E-state index contributed by atoms with van der Waals surface area (Å²) in [7, 11) is 0. The van der Waals surface area contributed by atoms with Crippen LogP contribution in [0.25, 0.3) is 0 Å². The van der Waals surface area contributed by atoms with E-state index in [-0.39, 0.29) is 0 Å². The second-order valence-electron chi connectivity index (χ2n) is 2.78. The Morgan fingerprint density at radius 2 is 2.00 bits per heavy atom. The zero-order valence-electron chi connectivity index (χ0n) is 7.99. The normalized spacial score (nSPS) is 16.1. The smallest absolute Gasteiger partial charge is 0.0823 e. The van der Waals surface area contributed by atoms with E-state index >= 15 is 0 Å². The highest BCUT2D eigenvalue weighted by Crippen LogP contribution is 2.07. The van der Waals surface area contributed by atoms with Gasteiger partial charge in [-0.3, -0.25) is 0 Å². The van der Waals surface area contributed by atoms with Crippen LogP contribution in [0, 0.1) is 0 Å². The Hall–Kier alpha value is -0.380. The van der Waals surface area contributed by atoms with Gasteiger partial charge < -0.3 is 0 Å². The topological polar surface area (TPSA) is 18.5 Å². The van der Waals surface area contributed by atoms with Gasteiger partial charge in [-0.15, -0.1) is 11.3 Å². The first kappa shape index (κ1) is 10.7. The quantitative estimate of drug-likeness (QED) is 0.649. The molecule has 0 aliphatic carbocycles. The van der Waals surface area contributed by atoms with Crippen molar-refractivity contribution in [2.45, 2.75) is 26.2 Å². The average Bonchev–Trinajstić information content (AvgIpc) is 2.74. The summed E-state index contributed by atoms with van der Waals surface area (Å²) in [4.78, 5) is 10.6. The third kappa shape index (κ3) is 5.03. The molecule has 0 unspecified atom stereocenters. The van der Waals surface area contributed by atoms with E-state index in [0.717, 1.165) is 26.1 Å². The molecule has 0 bridgehead atoms. The molecule has 74 valence electrons. The molecule has 0 spiro atoms. The minimum Gasteiger partial charge on any atom is -0.237 e. The Labute approximate surface area is 83.4 Å². The van der Waals surface area contributed by atoms with Gasteiger partial charge in [0.15, 0.2) is 0 Å². The summed E-state index contributed by atoms with van der Waals surface area (Å²) in [5.74, 6) is 0. The summed E-state index contributed by atoms with van der Waals surface area (Å²) in [6.07, 6.45) is 3.48. The van der Waals surface area contributed by atoms with Gasteiger partial charge in [0.05, 0.1) is 13.2 Å². The van der Waals surface area contributed by atoms with Crippen molar-refractivity contribution in [3.8, 4) is 0 Å². The molecular weight excluding hydrogens is 184 g/mol. The Bertz CT molecular complexity index is 181. The van der Waals surface area contributed by atoms with Crippen LogP contribution in [-0.4, -0.2) is 13.2 Å². The van der Waals surface area contributed by atoms with Crippen LogP contribution >= 0.6 is 11.3 Å². The van der Waals surface area contributed by atoms with Crippen LogP contribution in [-0.2, 0) is 16.2 Å². The Kier molecular flexibility index (Phi) is 5.81. The van der Waals surface area contributed by atoms with Crippen LogP contribution in [0.1, 0.15) is 24.6 Å². The van der Waals surface area contributed by atoms with Crippen molar-refractivity contribution in [3.63, 3.8) is 0 Å². The van der Waals surface area contributed by atoms with Gasteiger partial charge in [0, 0.05) is 4.88 Å². The van der Waals surface area contributed by atoms with E-state index in [9.17, 15) is 0 Å². The van der Waals surface area contributed by atoms with E-state index in [1.165, 1.54) is 11.3 Å². The Balaban J connectivity index is 0.000000132. The predicted octanol–water partition coefficient (Wildman–Crippen LogP) is 3.04. The third-order valence-corrected chi connectivity index (χ3v) is 2.74. The van der Waals surface area contributed by atoms with Crippen LogP contribution in [0.5, 0.6) is 0 Å². The molecule has 1 aromatic heterocycles. The Morgan fingerprint density at radius 3 is 2.23 bits per heavy atom. The number of hydrogen-bond acceptors (Lipinski definition) is 3. The van der Waals surface area contributed by atoms with Gasteiger partial charge in [-0.25, -0.2) is 9.78 Å². The highest BCUT2D eigenvalue weighted by molar-refractivity contribution is 7.09. The zero-order chi connectivity index (χ0) is 9.36. The summed E-state index contributed by atoms with van der Waals surface area (Å²) < 4.78 is 0. The monoisotopic (exact) mass is 200 g/mol. The lowest BCUT2D eigenvalue weighted by Crippen LogP contribution is -2.05. The molecule has 1 aliphatic heterocycles. The van der Waals surface area contributed by atoms with E-state index < -0.39 is 0 Å². The van der Waals surface area contributed by atoms with Crippen molar-refractivity contribution >= 4 is 11.3 Å². The maximum atomic E-state index is 4.57. The van der Waals surface area contributed by atoms with Gasteiger partial charge in [0.2, 0.25) is 0 Å². The summed E-state index contributed by atoms with van der Waals surface area (Å²) in [6, 6.07) is 4.24. The summed E-state index contributed by atoms with van der Waals surface area (Å²) in [6.45, 7) is 3.73. The molecule has 0 N–H and O–H groups in total. The number of rotatable bonds is 1. The third-order valence-electron chi connectivity index (χ3n) is 1.72. The summed E-state index contributed by atoms with van der Waals surface area (Å²) in [5, 5.41) is 2.11. The second-order valence-corrected chi connectivity index (χ2v) is 3.82. The van der Waals surface area contributed by atoms with Gasteiger partial charge in [-0.1, -0.05) is 13.0 Å². The van der Waals surface area contributed by atoms with Gasteiger partial charge in [0.25, 0.3) is 0 Å². The molecule has 0 saturated carbocycles. The first-order chi connectivity index (χ1) is 6.43. The molecule has 2 rings (SSSR count).